The van der Waals surface area contributed by atoms with Crippen molar-refractivity contribution in [3.63, 3.8) is 0 Å². The third-order valence-electron chi connectivity index (χ3n) is 0. The van der Waals surface area contributed by atoms with Gasteiger partial charge in [-0.25, -0.2) is 0 Å². The molecule has 0 fully saturated rings. The van der Waals surface area contributed by atoms with Crippen LogP contribution in [0.4, 0.5) is 0 Å². The van der Waals surface area contributed by atoms with Gasteiger partial charge < -0.3 is 6.92 Å². The Morgan fingerprint density at radius 2 is 1.60 bits per heavy atom. The van der Waals surface area contributed by atoms with Crippen molar-refractivity contribution in [2.75, 3.05) is 0 Å². The van der Waals surface area contributed by atoms with Gasteiger partial charge in [-0.2, -0.15) is 6.42 Å². The summed E-state index contributed by atoms with van der Waals surface area (Å²) in [6, 6.07) is 0. The van der Waals surface area contributed by atoms with Crippen LogP contribution in [0.3, 0.4) is 0 Å². The molecule has 0 saturated carbocycles. The molecule has 0 rings (SSSR count). The van der Waals surface area contributed by atoms with E-state index in [4.69, 9.17) is 0 Å². The fraction of sp³-hybridized carbons (Fsp3) is 0.667. The van der Waals surface area contributed by atoms with Gasteiger partial charge in [0.2, 0.25) is 0 Å². The van der Waals surface area contributed by atoms with Crippen molar-refractivity contribution in [2.24, 2.45) is 0 Å². The molecule has 0 atom stereocenters. The van der Waals surface area contributed by atoms with Crippen molar-refractivity contribution in [1.82, 2.24) is 0 Å². The maximum atomic E-state index is 3.49. The summed E-state index contributed by atoms with van der Waals surface area (Å²) < 4.78 is 0. The summed E-state index contributed by atoms with van der Waals surface area (Å²) >= 11 is 0. The molecule has 0 aliphatic rings. The molecule has 0 N–H and O–H groups in total. The number of hydrogen-bond acceptors (Lipinski definition) is 0. The first kappa shape index (κ1) is 16.2. The molecule has 5 heavy (non-hydrogen) atoms. The second kappa shape index (κ2) is 18.3. The Morgan fingerprint density at radius 3 is 1.60 bits per heavy atom. The topological polar surface area (TPSA) is 0 Å². The van der Waals surface area contributed by atoms with Crippen LogP contribution in [0, 0.1) is 6.92 Å². The summed E-state index contributed by atoms with van der Waals surface area (Å²) in [6.07, 6.45) is 1.00. The first-order valence-electron chi connectivity index (χ1n) is 1.21. The molecule has 0 amide bonds. The molecular weight excluding hydrogens is 228 g/mol. The van der Waals surface area contributed by atoms with Gasteiger partial charge in [0.15, 0.2) is 0 Å². The van der Waals surface area contributed by atoms with Crippen LogP contribution in [-0.2, 0) is 19.5 Å². The van der Waals surface area contributed by atoms with Crippen molar-refractivity contribution in [2.45, 2.75) is 13.3 Å². The molecule has 0 aromatic carbocycles. The Labute approximate surface area is 63.5 Å². The molecule has 0 aliphatic heterocycles. The van der Waals surface area contributed by atoms with Crippen LogP contribution in [0.15, 0.2) is 0 Å². The second-order valence-electron chi connectivity index (χ2n) is 0.500. The van der Waals surface area contributed by atoms with E-state index in [1.807, 2.05) is 6.92 Å². The Bertz CT molecular complexity index is 6.85. The Morgan fingerprint density at radius 1 is 1.60 bits per heavy atom. The van der Waals surface area contributed by atoms with Gasteiger partial charge in [-0.3, -0.25) is 0 Å². The molecule has 0 spiro atoms. The van der Waals surface area contributed by atoms with Crippen LogP contribution in [0.5, 0.6) is 0 Å². The fourth-order valence-corrected chi connectivity index (χ4v) is 0. The standard InChI is InChI=1S/C3H7.HI.Zn/c1-3-2;;/h1,3H2,2H3;1H;/q-1;;. The molecule has 2 heteroatoms. The Kier molecular flexibility index (Phi) is 59.3. The summed E-state index contributed by atoms with van der Waals surface area (Å²) in [7, 11) is 0. The summed E-state index contributed by atoms with van der Waals surface area (Å²) in [6.45, 7) is 5.50. The summed E-state index contributed by atoms with van der Waals surface area (Å²) in [5.41, 5.74) is 0. The monoisotopic (exact) mass is 235 g/mol. The second-order valence-corrected chi connectivity index (χ2v) is 0.500. The summed E-state index contributed by atoms with van der Waals surface area (Å²) in [5, 5.41) is 0. The van der Waals surface area contributed by atoms with Gasteiger partial charge in [-0.15, -0.1) is 24.0 Å². The molecule has 0 heterocycles. The minimum atomic E-state index is 0. The largest absolute Gasteiger partial charge is 0.344 e. The van der Waals surface area contributed by atoms with E-state index >= 15 is 0 Å². The van der Waals surface area contributed by atoms with Gasteiger partial charge in [-0.05, 0) is 0 Å². The van der Waals surface area contributed by atoms with Crippen molar-refractivity contribution in [3.8, 4) is 0 Å². The normalized spacial score (nSPS) is 3.60. The first-order chi connectivity index (χ1) is 1.41. The van der Waals surface area contributed by atoms with Crippen molar-refractivity contribution in [1.29, 1.82) is 0 Å². The van der Waals surface area contributed by atoms with Gasteiger partial charge in [-0.1, -0.05) is 6.92 Å². The zero-order chi connectivity index (χ0) is 2.71. The van der Waals surface area contributed by atoms with E-state index in [0.717, 1.165) is 6.42 Å². The molecular formula is C3H8IZn-. The molecule has 0 radical (unpaired) electrons. The minimum absolute atomic E-state index is 0. The van der Waals surface area contributed by atoms with Crippen molar-refractivity contribution in [3.05, 3.63) is 6.92 Å². The van der Waals surface area contributed by atoms with E-state index in [1.54, 1.807) is 0 Å². The van der Waals surface area contributed by atoms with Crippen LogP contribution >= 0.6 is 24.0 Å². The van der Waals surface area contributed by atoms with Gasteiger partial charge in [0.25, 0.3) is 0 Å². The molecule has 0 aromatic rings. The molecule has 0 aromatic heterocycles. The Hall–Kier alpha value is 1.35. The fourth-order valence-electron chi connectivity index (χ4n) is 0. The average Bonchev–Trinajstić information content (AvgIpc) is 0.918. The number of rotatable bonds is 0. The smallest absolute Gasteiger partial charge is 0 e. The van der Waals surface area contributed by atoms with Crippen LogP contribution in [0.1, 0.15) is 13.3 Å². The summed E-state index contributed by atoms with van der Waals surface area (Å²) in [4.78, 5) is 0. The van der Waals surface area contributed by atoms with Crippen LogP contribution in [-0.4, -0.2) is 0 Å². The third kappa shape index (κ3) is 32.9. The molecule has 0 saturated heterocycles. The van der Waals surface area contributed by atoms with E-state index in [0.29, 0.717) is 0 Å². The van der Waals surface area contributed by atoms with Gasteiger partial charge in [0.05, 0.1) is 0 Å². The minimum Gasteiger partial charge on any atom is -0.344 e. The number of halogens is 1. The number of hydrogen-bond donors (Lipinski definition) is 0. The zero-order valence-corrected chi connectivity index (χ0v) is 8.83. The van der Waals surface area contributed by atoms with E-state index in [-0.39, 0.29) is 43.5 Å². The third-order valence-corrected chi connectivity index (χ3v) is 0. The van der Waals surface area contributed by atoms with Crippen LogP contribution in [0.25, 0.3) is 0 Å². The van der Waals surface area contributed by atoms with Crippen LogP contribution in [0.2, 0.25) is 0 Å². The maximum absolute atomic E-state index is 3.49. The quantitative estimate of drug-likeness (QED) is 0.342. The van der Waals surface area contributed by atoms with Crippen molar-refractivity contribution >= 4 is 24.0 Å². The average molecular weight is 236 g/mol. The molecule has 0 bridgehead atoms. The zero-order valence-electron chi connectivity index (χ0n) is 3.53. The molecule has 0 aliphatic carbocycles. The Balaban J connectivity index is -0.0000000200. The van der Waals surface area contributed by atoms with E-state index in [9.17, 15) is 0 Å². The first-order valence-corrected chi connectivity index (χ1v) is 1.21. The van der Waals surface area contributed by atoms with E-state index in [1.165, 1.54) is 0 Å². The van der Waals surface area contributed by atoms with Crippen LogP contribution < -0.4 is 0 Å². The molecule has 0 unspecified atom stereocenters. The van der Waals surface area contributed by atoms with E-state index in [2.05, 4.69) is 6.92 Å². The maximum Gasteiger partial charge on any atom is 0 e. The van der Waals surface area contributed by atoms with Gasteiger partial charge >= 0.3 is 0 Å². The summed E-state index contributed by atoms with van der Waals surface area (Å²) in [5.74, 6) is 0. The molecule has 0 nitrogen and oxygen atoms in total. The van der Waals surface area contributed by atoms with Crippen molar-refractivity contribution < 1.29 is 19.5 Å². The SMILES string of the molecule is I.[CH2-]CC.[Zn]. The predicted molar refractivity (Wildman–Crippen MR) is 31.1 cm³/mol. The van der Waals surface area contributed by atoms with Gasteiger partial charge in [0.1, 0.15) is 0 Å². The predicted octanol–water partition coefficient (Wildman–Crippen LogP) is 1.85. The molecule has 30 valence electrons. The van der Waals surface area contributed by atoms with E-state index < -0.39 is 0 Å². The van der Waals surface area contributed by atoms with Gasteiger partial charge in [0, 0.05) is 19.5 Å².